The largest absolute Gasteiger partial charge is 0.379 e. The highest BCUT2D eigenvalue weighted by atomic mass is 16.5. The lowest BCUT2D eigenvalue weighted by atomic mass is 10.2. The van der Waals surface area contributed by atoms with Gasteiger partial charge >= 0.3 is 0 Å². The zero-order chi connectivity index (χ0) is 14.7. The number of H-pyrrole nitrogens is 1. The molecule has 1 aliphatic carbocycles. The first kappa shape index (κ1) is 14.1. The summed E-state index contributed by atoms with van der Waals surface area (Å²) < 4.78 is 5.54. The molecule has 114 valence electrons. The number of ether oxygens (including phenoxy) is 1. The molecular weight excluding hydrogens is 268 g/mol. The molecule has 1 aliphatic rings. The molecule has 0 aliphatic heterocycles. The molecule has 3 N–H and O–H groups in total. The summed E-state index contributed by atoms with van der Waals surface area (Å²) in [6, 6.07) is 0.294. The molecule has 1 saturated carbocycles. The highest BCUT2D eigenvalue weighted by molar-refractivity contribution is 5.87. The average molecular weight is 290 g/mol. The van der Waals surface area contributed by atoms with E-state index in [9.17, 15) is 0 Å². The van der Waals surface area contributed by atoms with Crippen LogP contribution in [0.1, 0.15) is 32.6 Å². The summed E-state index contributed by atoms with van der Waals surface area (Å²) in [5, 5.41) is 14.6. The number of methoxy groups -OCH3 is 1. The number of anilines is 2. The van der Waals surface area contributed by atoms with E-state index >= 15 is 0 Å². The molecule has 7 nitrogen and oxygen atoms in total. The summed E-state index contributed by atoms with van der Waals surface area (Å²) in [4.78, 5) is 9.03. The van der Waals surface area contributed by atoms with Crippen molar-refractivity contribution in [3.05, 3.63) is 6.20 Å². The molecule has 21 heavy (non-hydrogen) atoms. The van der Waals surface area contributed by atoms with Gasteiger partial charge in [-0.2, -0.15) is 15.1 Å². The second-order valence-electron chi connectivity index (χ2n) is 5.41. The van der Waals surface area contributed by atoms with Crippen LogP contribution in [0, 0.1) is 0 Å². The normalized spacial score (nSPS) is 21.8. The molecule has 0 bridgehead atoms. The van der Waals surface area contributed by atoms with Gasteiger partial charge in [0.2, 0.25) is 5.95 Å². The first-order valence-electron chi connectivity index (χ1n) is 7.56. The van der Waals surface area contributed by atoms with Gasteiger partial charge in [-0.25, -0.2) is 0 Å². The van der Waals surface area contributed by atoms with E-state index in [4.69, 9.17) is 4.74 Å². The molecule has 2 atom stereocenters. The van der Waals surface area contributed by atoms with Gasteiger partial charge in [0.05, 0.1) is 23.7 Å². The molecule has 0 saturated heterocycles. The Morgan fingerprint density at radius 1 is 1.38 bits per heavy atom. The molecular formula is C14H22N6O. The molecule has 3 rings (SSSR count). The van der Waals surface area contributed by atoms with Crippen molar-refractivity contribution in [2.24, 2.45) is 0 Å². The predicted molar refractivity (Wildman–Crippen MR) is 82.5 cm³/mol. The smallest absolute Gasteiger partial charge is 0.226 e. The number of aromatic nitrogens is 4. The zero-order valence-corrected chi connectivity index (χ0v) is 12.5. The van der Waals surface area contributed by atoms with Gasteiger partial charge in [0.1, 0.15) is 5.82 Å². The second kappa shape index (κ2) is 6.26. The van der Waals surface area contributed by atoms with Crippen molar-refractivity contribution in [2.45, 2.75) is 44.8 Å². The summed E-state index contributed by atoms with van der Waals surface area (Å²) in [6.45, 7) is 2.96. The van der Waals surface area contributed by atoms with Gasteiger partial charge in [0, 0.05) is 13.7 Å². The quantitative estimate of drug-likeness (QED) is 0.755. The van der Waals surface area contributed by atoms with Gasteiger partial charge in [0.25, 0.3) is 0 Å². The van der Waals surface area contributed by atoms with Gasteiger partial charge in [-0.15, -0.1) is 0 Å². The van der Waals surface area contributed by atoms with Crippen molar-refractivity contribution in [1.29, 1.82) is 0 Å². The summed E-state index contributed by atoms with van der Waals surface area (Å²) in [5.41, 5.74) is 0.748. The molecule has 2 aromatic heterocycles. The Bertz CT molecular complexity index is 598. The van der Waals surface area contributed by atoms with Gasteiger partial charge < -0.3 is 15.4 Å². The number of nitrogens with zero attached hydrogens (tertiary/aromatic N) is 3. The third kappa shape index (κ3) is 2.92. The lowest BCUT2D eigenvalue weighted by Gasteiger charge is -2.20. The summed E-state index contributed by atoms with van der Waals surface area (Å²) in [7, 11) is 1.77. The van der Waals surface area contributed by atoms with Gasteiger partial charge in [-0.1, -0.05) is 6.92 Å². The van der Waals surface area contributed by atoms with E-state index < -0.39 is 0 Å². The minimum atomic E-state index is 0.244. The maximum Gasteiger partial charge on any atom is 0.226 e. The minimum Gasteiger partial charge on any atom is -0.379 e. The molecule has 0 amide bonds. The number of rotatable bonds is 6. The van der Waals surface area contributed by atoms with Crippen molar-refractivity contribution in [3.8, 4) is 0 Å². The van der Waals surface area contributed by atoms with Crippen LogP contribution in [0.15, 0.2) is 6.20 Å². The Labute approximate surface area is 123 Å². The Morgan fingerprint density at radius 2 is 2.29 bits per heavy atom. The average Bonchev–Trinajstić information content (AvgIpc) is 3.13. The van der Waals surface area contributed by atoms with Gasteiger partial charge in [-0.3, -0.25) is 5.10 Å². The van der Waals surface area contributed by atoms with Crippen LogP contribution >= 0.6 is 0 Å². The second-order valence-corrected chi connectivity index (χ2v) is 5.41. The molecule has 2 aromatic rings. The molecule has 0 spiro atoms. The van der Waals surface area contributed by atoms with Crippen molar-refractivity contribution in [2.75, 3.05) is 24.3 Å². The van der Waals surface area contributed by atoms with Crippen LogP contribution in [0.5, 0.6) is 0 Å². The van der Waals surface area contributed by atoms with E-state index in [0.717, 1.165) is 42.7 Å². The van der Waals surface area contributed by atoms with Crippen molar-refractivity contribution < 1.29 is 4.74 Å². The lowest BCUT2D eigenvalue weighted by Crippen LogP contribution is -2.30. The van der Waals surface area contributed by atoms with E-state index in [2.05, 4.69) is 37.7 Å². The highest BCUT2D eigenvalue weighted by Crippen LogP contribution is 2.27. The van der Waals surface area contributed by atoms with Crippen molar-refractivity contribution in [1.82, 2.24) is 20.2 Å². The summed E-state index contributed by atoms with van der Waals surface area (Å²) in [5.74, 6) is 1.45. The highest BCUT2D eigenvalue weighted by Gasteiger charge is 2.28. The third-order valence-electron chi connectivity index (χ3n) is 3.92. The van der Waals surface area contributed by atoms with Gasteiger partial charge in [-0.05, 0) is 25.7 Å². The number of hydrogen-bond acceptors (Lipinski definition) is 6. The Balaban J connectivity index is 1.87. The Hall–Kier alpha value is -1.89. The topological polar surface area (TPSA) is 87.8 Å². The summed E-state index contributed by atoms with van der Waals surface area (Å²) in [6.07, 6.45) is 6.40. The van der Waals surface area contributed by atoms with E-state index in [0.29, 0.717) is 12.0 Å². The maximum atomic E-state index is 5.54. The van der Waals surface area contributed by atoms with Crippen LogP contribution in [0.25, 0.3) is 11.0 Å². The molecule has 0 radical (unpaired) electrons. The zero-order valence-electron chi connectivity index (χ0n) is 12.5. The standard InChI is InChI=1S/C14H22N6O/c1-3-7-15-14-18-12(9-8-16-20-13(9)19-14)17-10-5-4-6-11(10)21-2/h8,10-11H,3-7H2,1-2H3,(H3,15,16,17,18,19,20). The fourth-order valence-electron chi connectivity index (χ4n) is 2.81. The van der Waals surface area contributed by atoms with E-state index in [1.165, 1.54) is 6.42 Å². The monoisotopic (exact) mass is 290 g/mol. The molecule has 2 unspecified atom stereocenters. The fourth-order valence-corrected chi connectivity index (χ4v) is 2.81. The van der Waals surface area contributed by atoms with Crippen LogP contribution in [0.2, 0.25) is 0 Å². The fraction of sp³-hybridized carbons (Fsp3) is 0.643. The number of nitrogens with one attached hydrogen (secondary N) is 3. The lowest BCUT2D eigenvalue weighted by molar-refractivity contribution is 0.101. The van der Waals surface area contributed by atoms with E-state index in [1.54, 1.807) is 13.3 Å². The first-order chi connectivity index (χ1) is 10.3. The molecule has 1 fully saturated rings. The SMILES string of the molecule is CCCNc1nc(NC2CCCC2OC)c2cn[nH]c2n1. The number of fused-ring (bicyclic) bond motifs is 1. The number of hydrogen-bond donors (Lipinski definition) is 3. The van der Waals surface area contributed by atoms with Crippen molar-refractivity contribution in [3.63, 3.8) is 0 Å². The Morgan fingerprint density at radius 3 is 3.10 bits per heavy atom. The Kier molecular flexibility index (Phi) is 4.19. The minimum absolute atomic E-state index is 0.244. The van der Waals surface area contributed by atoms with E-state index in [-0.39, 0.29) is 6.10 Å². The molecule has 7 heteroatoms. The van der Waals surface area contributed by atoms with Crippen LogP contribution in [0.3, 0.4) is 0 Å². The maximum absolute atomic E-state index is 5.54. The number of aromatic amines is 1. The van der Waals surface area contributed by atoms with Crippen LogP contribution < -0.4 is 10.6 Å². The van der Waals surface area contributed by atoms with E-state index in [1.807, 2.05) is 0 Å². The van der Waals surface area contributed by atoms with Crippen LogP contribution in [-0.4, -0.2) is 46.0 Å². The molecule has 0 aromatic carbocycles. The first-order valence-corrected chi connectivity index (χ1v) is 7.56. The third-order valence-corrected chi connectivity index (χ3v) is 3.92. The molecule has 2 heterocycles. The predicted octanol–water partition coefficient (Wildman–Crippen LogP) is 2.15. The van der Waals surface area contributed by atoms with Crippen LogP contribution in [-0.2, 0) is 4.74 Å². The summed E-state index contributed by atoms with van der Waals surface area (Å²) >= 11 is 0. The van der Waals surface area contributed by atoms with Crippen molar-refractivity contribution >= 4 is 22.8 Å². The van der Waals surface area contributed by atoms with Gasteiger partial charge in [0.15, 0.2) is 5.65 Å². The van der Waals surface area contributed by atoms with Crippen LogP contribution in [0.4, 0.5) is 11.8 Å².